The van der Waals surface area contributed by atoms with Crippen LogP contribution in [0.3, 0.4) is 0 Å². The van der Waals surface area contributed by atoms with Crippen LogP contribution in [0, 0.1) is 6.92 Å². The number of aromatic carboxylic acids is 1. The van der Waals surface area contributed by atoms with Gasteiger partial charge in [0.25, 0.3) is 0 Å². The lowest BCUT2D eigenvalue weighted by Crippen LogP contribution is -2.00. The normalized spacial score (nSPS) is 10.7. The number of carbonyl (C=O) groups is 1. The number of hydrogen-bond donors (Lipinski definition) is 1. The van der Waals surface area contributed by atoms with Gasteiger partial charge in [0.15, 0.2) is 0 Å². The molecule has 0 amide bonds. The van der Waals surface area contributed by atoms with Crippen LogP contribution in [0.1, 0.15) is 28.5 Å². The second kappa shape index (κ2) is 5.23. The van der Waals surface area contributed by atoms with E-state index in [2.05, 4.69) is 5.10 Å². The largest absolute Gasteiger partial charge is 0.478 e. The zero-order valence-electron chi connectivity index (χ0n) is 10.4. The Morgan fingerprint density at radius 1 is 1.42 bits per heavy atom. The maximum Gasteiger partial charge on any atom is 0.340 e. The third-order valence-electron chi connectivity index (χ3n) is 2.85. The molecule has 0 bridgehead atoms. The lowest BCUT2D eigenvalue weighted by molar-refractivity contribution is 0.0696. The molecule has 0 aliphatic heterocycles. The molecule has 2 rings (SSSR count). The minimum absolute atomic E-state index is 0.0425. The van der Waals surface area contributed by atoms with Gasteiger partial charge in [-0.25, -0.2) is 9.48 Å². The maximum absolute atomic E-state index is 11.2. The smallest absolute Gasteiger partial charge is 0.340 e. The van der Waals surface area contributed by atoms with Crippen molar-refractivity contribution in [1.82, 2.24) is 9.78 Å². The van der Waals surface area contributed by atoms with Crippen LogP contribution in [0.5, 0.6) is 0 Å². The van der Waals surface area contributed by atoms with Gasteiger partial charge in [-0.2, -0.15) is 5.10 Å². The third-order valence-corrected chi connectivity index (χ3v) is 3.61. The van der Waals surface area contributed by atoms with Crippen LogP contribution < -0.4 is 0 Å². The van der Waals surface area contributed by atoms with Crippen molar-refractivity contribution in [3.63, 3.8) is 0 Å². The fourth-order valence-corrected chi connectivity index (χ4v) is 2.28. The molecule has 4 nitrogen and oxygen atoms in total. The Labute approximate surface area is 120 Å². The Kier molecular flexibility index (Phi) is 3.83. The monoisotopic (exact) mass is 298 g/mol. The molecule has 0 aliphatic rings. The molecule has 0 aliphatic carbocycles. The summed E-state index contributed by atoms with van der Waals surface area (Å²) in [6.07, 6.45) is 0.494. The van der Waals surface area contributed by atoms with Gasteiger partial charge in [0.1, 0.15) is 10.7 Å². The molecular formula is C13H12Cl2N2O2. The molecule has 0 unspecified atom stereocenters. The first-order valence-electron chi connectivity index (χ1n) is 5.73. The van der Waals surface area contributed by atoms with E-state index in [-0.39, 0.29) is 10.7 Å². The summed E-state index contributed by atoms with van der Waals surface area (Å²) < 4.78 is 1.40. The summed E-state index contributed by atoms with van der Waals surface area (Å²) in [5.41, 5.74) is 2.07. The summed E-state index contributed by atoms with van der Waals surface area (Å²) in [5, 5.41) is 14.1. The van der Waals surface area contributed by atoms with Crippen LogP contribution >= 0.6 is 23.2 Å². The molecular weight excluding hydrogens is 287 g/mol. The van der Waals surface area contributed by atoms with Crippen LogP contribution in [0.4, 0.5) is 0 Å². The number of benzene rings is 1. The van der Waals surface area contributed by atoms with E-state index in [1.54, 1.807) is 12.1 Å². The van der Waals surface area contributed by atoms with Gasteiger partial charge in [-0.1, -0.05) is 36.2 Å². The van der Waals surface area contributed by atoms with Crippen LogP contribution in [0.25, 0.3) is 5.69 Å². The van der Waals surface area contributed by atoms with Gasteiger partial charge in [-0.05, 0) is 31.0 Å². The number of aryl methyl sites for hydroxylation is 2. The molecule has 0 saturated carbocycles. The van der Waals surface area contributed by atoms with Gasteiger partial charge in [0.2, 0.25) is 0 Å². The molecule has 100 valence electrons. The lowest BCUT2D eigenvalue weighted by atomic mass is 10.2. The van der Waals surface area contributed by atoms with Crippen molar-refractivity contribution in [2.45, 2.75) is 20.3 Å². The molecule has 0 fully saturated rings. The van der Waals surface area contributed by atoms with Crippen LogP contribution in [0.15, 0.2) is 18.2 Å². The summed E-state index contributed by atoms with van der Waals surface area (Å²) in [4.78, 5) is 11.2. The second-order valence-electron chi connectivity index (χ2n) is 4.12. The number of carboxylic acid groups (broad SMARTS) is 1. The van der Waals surface area contributed by atoms with E-state index in [1.807, 2.05) is 19.9 Å². The fraction of sp³-hybridized carbons (Fsp3) is 0.231. The third kappa shape index (κ3) is 2.46. The SMILES string of the molecule is CCc1nn(-c2ccc(C)c(Cl)c2)c(Cl)c1C(=O)O. The molecule has 1 heterocycles. The Morgan fingerprint density at radius 3 is 2.58 bits per heavy atom. The number of halogens is 2. The number of aromatic nitrogens is 2. The van der Waals surface area contributed by atoms with Crippen molar-refractivity contribution in [3.8, 4) is 5.69 Å². The van der Waals surface area contributed by atoms with E-state index < -0.39 is 5.97 Å². The van der Waals surface area contributed by atoms with Crippen molar-refractivity contribution >= 4 is 29.2 Å². The van der Waals surface area contributed by atoms with E-state index in [0.717, 1.165) is 5.56 Å². The predicted molar refractivity (Wildman–Crippen MR) is 74.7 cm³/mol. The van der Waals surface area contributed by atoms with Gasteiger partial charge in [0, 0.05) is 5.02 Å². The summed E-state index contributed by atoms with van der Waals surface area (Å²) in [6, 6.07) is 5.34. The molecule has 0 saturated heterocycles. The zero-order chi connectivity index (χ0) is 14.2. The summed E-state index contributed by atoms with van der Waals surface area (Å²) in [7, 11) is 0. The van der Waals surface area contributed by atoms with Crippen molar-refractivity contribution in [2.75, 3.05) is 0 Å². The number of carboxylic acids is 1. The van der Waals surface area contributed by atoms with Gasteiger partial charge in [-0.3, -0.25) is 0 Å². The molecule has 0 atom stereocenters. The van der Waals surface area contributed by atoms with Gasteiger partial charge < -0.3 is 5.11 Å². The quantitative estimate of drug-likeness (QED) is 0.939. The van der Waals surface area contributed by atoms with Gasteiger partial charge in [0.05, 0.1) is 11.4 Å². The first-order valence-corrected chi connectivity index (χ1v) is 6.48. The minimum Gasteiger partial charge on any atom is -0.478 e. The highest BCUT2D eigenvalue weighted by molar-refractivity contribution is 6.33. The summed E-state index contributed by atoms with van der Waals surface area (Å²) in [6.45, 7) is 3.72. The topological polar surface area (TPSA) is 55.1 Å². The van der Waals surface area contributed by atoms with Gasteiger partial charge >= 0.3 is 5.97 Å². The highest BCUT2D eigenvalue weighted by Crippen LogP contribution is 2.26. The van der Waals surface area contributed by atoms with E-state index in [4.69, 9.17) is 23.2 Å². The highest BCUT2D eigenvalue weighted by Gasteiger charge is 2.21. The van der Waals surface area contributed by atoms with Crippen molar-refractivity contribution in [2.24, 2.45) is 0 Å². The van der Waals surface area contributed by atoms with E-state index >= 15 is 0 Å². The molecule has 1 N–H and O–H groups in total. The molecule has 1 aromatic heterocycles. The average molecular weight is 299 g/mol. The number of hydrogen-bond acceptors (Lipinski definition) is 2. The van der Waals surface area contributed by atoms with Crippen LogP contribution in [-0.2, 0) is 6.42 Å². The maximum atomic E-state index is 11.2. The number of rotatable bonds is 3. The fourth-order valence-electron chi connectivity index (χ4n) is 1.78. The average Bonchev–Trinajstić information content (AvgIpc) is 2.70. The van der Waals surface area contributed by atoms with Gasteiger partial charge in [-0.15, -0.1) is 0 Å². The summed E-state index contributed by atoms with van der Waals surface area (Å²) >= 11 is 12.2. The zero-order valence-corrected chi connectivity index (χ0v) is 12.0. The Balaban J connectivity index is 2.62. The predicted octanol–water partition coefficient (Wildman–Crippen LogP) is 3.75. The first kappa shape index (κ1) is 13.9. The molecule has 2 aromatic rings. The van der Waals surface area contributed by atoms with E-state index in [0.29, 0.717) is 22.8 Å². The molecule has 0 spiro atoms. The number of nitrogens with zero attached hydrogens (tertiary/aromatic N) is 2. The standard InChI is InChI=1S/C13H12Cl2N2O2/c1-3-10-11(13(18)19)12(15)17(16-10)8-5-4-7(2)9(14)6-8/h4-6H,3H2,1-2H3,(H,18,19). The second-order valence-corrected chi connectivity index (χ2v) is 4.88. The van der Waals surface area contributed by atoms with Crippen molar-refractivity contribution in [1.29, 1.82) is 0 Å². The first-order chi connectivity index (χ1) is 8.95. The van der Waals surface area contributed by atoms with Crippen LogP contribution in [-0.4, -0.2) is 20.9 Å². The molecule has 19 heavy (non-hydrogen) atoms. The minimum atomic E-state index is -1.08. The molecule has 0 radical (unpaired) electrons. The Hall–Kier alpha value is -1.52. The highest BCUT2D eigenvalue weighted by atomic mass is 35.5. The van der Waals surface area contributed by atoms with Crippen LogP contribution in [0.2, 0.25) is 10.2 Å². The van der Waals surface area contributed by atoms with E-state index in [1.165, 1.54) is 4.68 Å². The Bertz CT molecular complexity index is 650. The summed E-state index contributed by atoms with van der Waals surface area (Å²) in [5.74, 6) is -1.08. The van der Waals surface area contributed by atoms with Crippen molar-refractivity contribution < 1.29 is 9.90 Å². The lowest BCUT2D eigenvalue weighted by Gasteiger charge is -2.05. The molecule has 6 heteroatoms. The van der Waals surface area contributed by atoms with E-state index in [9.17, 15) is 9.90 Å². The van der Waals surface area contributed by atoms with Crippen molar-refractivity contribution in [3.05, 3.63) is 45.2 Å². The molecule has 1 aromatic carbocycles. The Morgan fingerprint density at radius 2 is 2.11 bits per heavy atom.